The summed E-state index contributed by atoms with van der Waals surface area (Å²) in [5, 5.41) is 21.8. The Kier molecular flexibility index (Phi) is 8.51. The first-order valence-corrected chi connectivity index (χ1v) is 10.2. The lowest BCUT2D eigenvalue weighted by molar-refractivity contribution is 0.0671. The molecule has 3 rings (SSSR count). The fourth-order valence-corrected chi connectivity index (χ4v) is 4.03. The molecule has 1 saturated carbocycles. The highest BCUT2D eigenvalue weighted by Gasteiger charge is 2.35. The van der Waals surface area contributed by atoms with Crippen LogP contribution >= 0.6 is 24.0 Å². The second-order valence-electron chi connectivity index (χ2n) is 8.08. The van der Waals surface area contributed by atoms with Crippen molar-refractivity contribution in [1.82, 2.24) is 20.4 Å². The molecule has 0 spiro atoms. The Morgan fingerprint density at radius 2 is 1.93 bits per heavy atom. The van der Waals surface area contributed by atoms with Crippen LogP contribution < -0.4 is 10.6 Å². The summed E-state index contributed by atoms with van der Waals surface area (Å²) in [6.45, 7) is 5.72. The number of aromatic nitrogens is 2. The molecular formula is C22H34IN5O. The Morgan fingerprint density at radius 1 is 1.24 bits per heavy atom. The third-order valence-electron chi connectivity index (χ3n) is 5.76. The number of aliphatic imine (C=N–C) groups is 1. The molecule has 1 unspecified atom stereocenters. The van der Waals surface area contributed by atoms with Crippen molar-refractivity contribution in [2.45, 2.75) is 50.5 Å². The highest BCUT2D eigenvalue weighted by Crippen LogP contribution is 2.40. The van der Waals surface area contributed by atoms with Gasteiger partial charge in [0.1, 0.15) is 5.60 Å². The third kappa shape index (κ3) is 5.94. The van der Waals surface area contributed by atoms with Gasteiger partial charge in [-0.3, -0.25) is 4.68 Å². The molecule has 0 amide bonds. The lowest BCUT2D eigenvalue weighted by Crippen LogP contribution is -2.45. The molecule has 1 heterocycles. The number of halogens is 1. The molecule has 0 bridgehead atoms. The summed E-state index contributed by atoms with van der Waals surface area (Å²) in [4.78, 5) is 4.66. The minimum Gasteiger partial charge on any atom is -0.383 e. The molecular weight excluding hydrogens is 477 g/mol. The lowest BCUT2D eigenvalue weighted by atomic mass is 9.79. The van der Waals surface area contributed by atoms with Crippen LogP contribution in [-0.4, -0.2) is 40.5 Å². The molecule has 1 aromatic carbocycles. The van der Waals surface area contributed by atoms with Crippen molar-refractivity contribution in [2.24, 2.45) is 12.0 Å². The second-order valence-corrected chi connectivity index (χ2v) is 8.08. The van der Waals surface area contributed by atoms with Crippen molar-refractivity contribution in [2.75, 3.05) is 19.6 Å². The van der Waals surface area contributed by atoms with Gasteiger partial charge in [-0.15, -0.1) is 24.0 Å². The maximum absolute atomic E-state index is 10.8. The SMILES string of the molecule is CCNC(=NCC(C)(O)c1cnn(C)c1)NCC1(c2ccccc2)CCCC1.I. The average molecular weight is 511 g/mol. The summed E-state index contributed by atoms with van der Waals surface area (Å²) in [5.41, 5.74) is 1.27. The molecule has 0 radical (unpaired) electrons. The summed E-state index contributed by atoms with van der Waals surface area (Å²) >= 11 is 0. The van der Waals surface area contributed by atoms with Gasteiger partial charge in [-0.25, -0.2) is 4.99 Å². The molecule has 1 fully saturated rings. The Hall–Kier alpha value is -1.61. The minimum absolute atomic E-state index is 0. The summed E-state index contributed by atoms with van der Waals surface area (Å²) in [7, 11) is 1.85. The van der Waals surface area contributed by atoms with E-state index in [1.165, 1.54) is 31.2 Å². The van der Waals surface area contributed by atoms with Gasteiger partial charge in [0.15, 0.2) is 5.96 Å². The van der Waals surface area contributed by atoms with Crippen LogP contribution in [0.4, 0.5) is 0 Å². The number of rotatable bonds is 7. The van der Waals surface area contributed by atoms with E-state index in [0.717, 1.165) is 24.6 Å². The van der Waals surface area contributed by atoms with Gasteiger partial charge < -0.3 is 15.7 Å². The van der Waals surface area contributed by atoms with Crippen molar-refractivity contribution in [3.63, 3.8) is 0 Å². The average Bonchev–Trinajstić information content (AvgIpc) is 3.35. The van der Waals surface area contributed by atoms with Crippen LogP contribution in [0.1, 0.15) is 50.7 Å². The third-order valence-corrected chi connectivity index (χ3v) is 5.76. The van der Waals surface area contributed by atoms with E-state index in [9.17, 15) is 5.11 Å². The van der Waals surface area contributed by atoms with E-state index >= 15 is 0 Å². The first-order chi connectivity index (χ1) is 13.5. The maximum Gasteiger partial charge on any atom is 0.191 e. The van der Waals surface area contributed by atoms with E-state index in [0.29, 0.717) is 0 Å². The Morgan fingerprint density at radius 3 is 2.52 bits per heavy atom. The number of aliphatic hydroxyl groups is 1. The van der Waals surface area contributed by atoms with Gasteiger partial charge in [0, 0.05) is 37.3 Å². The molecule has 1 aliphatic rings. The molecule has 6 nitrogen and oxygen atoms in total. The molecule has 2 aromatic rings. The summed E-state index contributed by atoms with van der Waals surface area (Å²) in [6, 6.07) is 10.8. The van der Waals surface area contributed by atoms with E-state index < -0.39 is 5.60 Å². The molecule has 29 heavy (non-hydrogen) atoms. The molecule has 0 aliphatic heterocycles. The van der Waals surface area contributed by atoms with E-state index in [2.05, 4.69) is 58.0 Å². The maximum atomic E-state index is 10.8. The van der Waals surface area contributed by atoms with Crippen molar-refractivity contribution < 1.29 is 5.11 Å². The van der Waals surface area contributed by atoms with Crippen LogP contribution in [0.25, 0.3) is 0 Å². The van der Waals surface area contributed by atoms with Gasteiger partial charge in [-0.05, 0) is 32.3 Å². The Bertz CT molecular complexity index is 782. The Balaban J connectivity index is 0.00000300. The van der Waals surface area contributed by atoms with Crippen molar-refractivity contribution >= 4 is 29.9 Å². The predicted octanol–water partition coefficient (Wildman–Crippen LogP) is 3.31. The van der Waals surface area contributed by atoms with Gasteiger partial charge in [-0.1, -0.05) is 43.2 Å². The summed E-state index contributed by atoms with van der Waals surface area (Å²) in [5.74, 6) is 0.744. The minimum atomic E-state index is -1.05. The van der Waals surface area contributed by atoms with Gasteiger partial charge in [0.05, 0.1) is 12.7 Å². The summed E-state index contributed by atoms with van der Waals surface area (Å²) < 4.78 is 1.70. The van der Waals surface area contributed by atoms with E-state index in [1.54, 1.807) is 17.8 Å². The number of aryl methyl sites for hydroxylation is 1. The Labute approximate surface area is 191 Å². The number of nitrogens with zero attached hydrogens (tertiary/aromatic N) is 3. The highest BCUT2D eigenvalue weighted by molar-refractivity contribution is 14.0. The fraction of sp³-hybridized carbons (Fsp3) is 0.545. The van der Waals surface area contributed by atoms with E-state index in [-0.39, 0.29) is 35.9 Å². The van der Waals surface area contributed by atoms with Gasteiger partial charge in [0.2, 0.25) is 0 Å². The van der Waals surface area contributed by atoms with Crippen LogP contribution in [0.2, 0.25) is 0 Å². The van der Waals surface area contributed by atoms with E-state index in [4.69, 9.17) is 0 Å². The van der Waals surface area contributed by atoms with Crippen LogP contribution in [-0.2, 0) is 18.1 Å². The van der Waals surface area contributed by atoms with Crippen molar-refractivity contribution in [3.8, 4) is 0 Å². The number of hydrogen-bond donors (Lipinski definition) is 3. The second kappa shape index (κ2) is 10.4. The van der Waals surface area contributed by atoms with Crippen molar-refractivity contribution in [3.05, 3.63) is 53.9 Å². The van der Waals surface area contributed by atoms with Crippen molar-refractivity contribution in [1.29, 1.82) is 0 Å². The normalized spacial score (nSPS) is 18.0. The monoisotopic (exact) mass is 511 g/mol. The van der Waals surface area contributed by atoms with Crippen LogP contribution in [0.5, 0.6) is 0 Å². The summed E-state index contributed by atoms with van der Waals surface area (Å²) in [6.07, 6.45) is 8.44. The number of hydrogen-bond acceptors (Lipinski definition) is 3. The molecule has 1 aliphatic carbocycles. The van der Waals surface area contributed by atoms with Gasteiger partial charge in [0.25, 0.3) is 0 Å². The van der Waals surface area contributed by atoms with Gasteiger partial charge in [-0.2, -0.15) is 5.10 Å². The zero-order valence-corrected chi connectivity index (χ0v) is 20.0. The highest BCUT2D eigenvalue weighted by atomic mass is 127. The van der Waals surface area contributed by atoms with E-state index in [1.807, 2.05) is 13.2 Å². The topological polar surface area (TPSA) is 74.5 Å². The van der Waals surface area contributed by atoms with Gasteiger partial charge >= 0.3 is 0 Å². The number of guanidine groups is 1. The smallest absolute Gasteiger partial charge is 0.191 e. The number of benzene rings is 1. The first-order valence-electron chi connectivity index (χ1n) is 10.2. The fourth-order valence-electron chi connectivity index (χ4n) is 4.03. The standard InChI is InChI=1S/C22H33N5O.HI/c1-4-23-20(24-16-21(2,28)19-14-26-27(3)15-19)25-17-22(12-8-9-13-22)18-10-6-5-7-11-18;/h5-7,10-11,14-15,28H,4,8-9,12-13,16-17H2,1-3H3,(H2,23,24,25);1H. The molecule has 1 atom stereocenters. The van der Waals surface area contributed by atoms with Crippen LogP contribution in [0.3, 0.4) is 0 Å². The zero-order chi connectivity index (χ0) is 20.0. The first kappa shape index (κ1) is 23.7. The quantitative estimate of drug-likeness (QED) is 0.303. The molecule has 7 heteroatoms. The van der Waals surface area contributed by atoms with Crippen LogP contribution in [0, 0.1) is 0 Å². The largest absolute Gasteiger partial charge is 0.383 e. The number of nitrogens with one attached hydrogen (secondary N) is 2. The zero-order valence-electron chi connectivity index (χ0n) is 17.7. The predicted molar refractivity (Wildman–Crippen MR) is 129 cm³/mol. The molecule has 3 N–H and O–H groups in total. The van der Waals surface area contributed by atoms with Crippen LogP contribution in [0.15, 0.2) is 47.7 Å². The molecule has 160 valence electrons. The lowest BCUT2D eigenvalue weighted by Gasteiger charge is -2.31. The molecule has 0 saturated heterocycles. The molecule has 1 aromatic heterocycles.